The first-order valence-electron chi connectivity index (χ1n) is 5.58. The molecule has 0 saturated heterocycles. The Labute approximate surface area is 119 Å². The Morgan fingerprint density at radius 2 is 2.15 bits per heavy atom. The van der Waals surface area contributed by atoms with Gasteiger partial charge in [0.1, 0.15) is 11.8 Å². The molecule has 0 radical (unpaired) electrons. The average molecular weight is 293 g/mol. The molecule has 1 aromatic heterocycles. The van der Waals surface area contributed by atoms with Gasteiger partial charge in [0.15, 0.2) is 0 Å². The number of ether oxygens (including phenoxy) is 1. The minimum atomic E-state index is -0.636. The number of carbonyl (C=O) groups is 1. The predicted octanol–water partition coefficient (Wildman–Crippen LogP) is 3.00. The fourth-order valence-corrected chi connectivity index (χ4v) is 1.58. The number of nitro benzene ring substituents is 1. The van der Waals surface area contributed by atoms with Crippen LogP contribution in [0.2, 0.25) is 5.15 Å². The van der Waals surface area contributed by atoms with Gasteiger partial charge in [-0.3, -0.25) is 10.1 Å². The second-order valence-corrected chi connectivity index (χ2v) is 4.26. The van der Waals surface area contributed by atoms with Crippen molar-refractivity contribution in [3.63, 3.8) is 0 Å². The Morgan fingerprint density at radius 3 is 2.80 bits per heavy atom. The Bertz CT molecular complexity index is 643. The van der Waals surface area contributed by atoms with E-state index in [-0.39, 0.29) is 17.9 Å². The highest BCUT2D eigenvalue weighted by Gasteiger charge is 2.12. The largest absolute Gasteiger partial charge is 0.457 e. The van der Waals surface area contributed by atoms with Crippen LogP contribution in [-0.2, 0) is 11.3 Å². The van der Waals surface area contributed by atoms with Crippen LogP contribution in [0.5, 0.6) is 0 Å². The highest BCUT2D eigenvalue weighted by molar-refractivity contribution is 6.29. The van der Waals surface area contributed by atoms with E-state index in [0.29, 0.717) is 10.7 Å². The van der Waals surface area contributed by atoms with Crippen LogP contribution in [-0.4, -0.2) is 15.9 Å². The summed E-state index contributed by atoms with van der Waals surface area (Å²) in [6.07, 6.45) is 1.49. The Balaban J connectivity index is 2.03. The third-order valence-electron chi connectivity index (χ3n) is 2.45. The number of hydrogen-bond acceptors (Lipinski definition) is 5. The molecule has 0 amide bonds. The molecule has 0 spiro atoms. The summed E-state index contributed by atoms with van der Waals surface area (Å²) < 4.78 is 5.04. The number of rotatable bonds is 4. The monoisotopic (exact) mass is 292 g/mol. The van der Waals surface area contributed by atoms with Crippen molar-refractivity contribution in [3.05, 3.63) is 69.0 Å². The molecule has 20 heavy (non-hydrogen) atoms. The number of nitro groups is 1. The Morgan fingerprint density at radius 1 is 1.35 bits per heavy atom. The highest BCUT2D eigenvalue weighted by Crippen LogP contribution is 2.14. The van der Waals surface area contributed by atoms with Crippen LogP contribution < -0.4 is 0 Å². The summed E-state index contributed by atoms with van der Waals surface area (Å²) in [5.41, 5.74) is 0.641. The number of nitrogens with zero attached hydrogens (tertiary/aromatic N) is 2. The molecule has 2 rings (SSSR count). The standard InChI is InChI=1S/C13H9ClN2O4/c14-12-5-4-9(7-15-12)8-20-13(17)10-2-1-3-11(6-10)16(18)19/h1-7H,8H2. The van der Waals surface area contributed by atoms with Gasteiger partial charge in [-0.25, -0.2) is 9.78 Å². The van der Waals surface area contributed by atoms with Crippen molar-refractivity contribution in [3.8, 4) is 0 Å². The third-order valence-corrected chi connectivity index (χ3v) is 2.67. The predicted molar refractivity (Wildman–Crippen MR) is 71.5 cm³/mol. The zero-order valence-electron chi connectivity index (χ0n) is 10.2. The molecule has 0 atom stereocenters. The van der Waals surface area contributed by atoms with Crippen molar-refractivity contribution >= 4 is 23.3 Å². The average Bonchev–Trinajstić information content (AvgIpc) is 2.46. The van der Waals surface area contributed by atoms with Crippen LogP contribution in [0, 0.1) is 10.1 Å². The number of pyridine rings is 1. The molecule has 0 aliphatic heterocycles. The maximum Gasteiger partial charge on any atom is 0.338 e. The van der Waals surface area contributed by atoms with Crippen LogP contribution >= 0.6 is 11.6 Å². The van der Waals surface area contributed by atoms with Gasteiger partial charge in [0.25, 0.3) is 5.69 Å². The molecule has 0 bridgehead atoms. The molecule has 0 saturated carbocycles. The first kappa shape index (κ1) is 14.0. The summed E-state index contributed by atoms with van der Waals surface area (Å²) >= 11 is 5.63. The van der Waals surface area contributed by atoms with Gasteiger partial charge in [-0.1, -0.05) is 23.7 Å². The molecule has 6 nitrogen and oxygen atoms in total. The molecular weight excluding hydrogens is 284 g/mol. The summed E-state index contributed by atoms with van der Waals surface area (Å²) in [5, 5.41) is 11.0. The van der Waals surface area contributed by atoms with Gasteiger partial charge in [0.05, 0.1) is 10.5 Å². The van der Waals surface area contributed by atoms with Crippen LogP contribution in [0.15, 0.2) is 42.6 Å². The minimum absolute atomic E-state index is 0.0195. The van der Waals surface area contributed by atoms with Crippen LogP contribution in [0.25, 0.3) is 0 Å². The van der Waals surface area contributed by atoms with Gasteiger partial charge >= 0.3 is 5.97 Å². The maximum absolute atomic E-state index is 11.8. The molecule has 1 heterocycles. The maximum atomic E-state index is 11.8. The van der Waals surface area contributed by atoms with Crippen molar-refractivity contribution in [2.75, 3.05) is 0 Å². The Hall–Kier alpha value is -2.47. The van der Waals surface area contributed by atoms with Gasteiger partial charge < -0.3 is 4.74 Å². The third kappa shape index (κ3) is 3.52. The molecule has 1 aromatic carbocycles. The highest BCUT2D eigenvalue weighted by atomic mass is 35.5. The van der Waals surface area contributed by atoms with Gasteiger partial charge in [-0.15, -0.1) is 0 Å². The number of esters is 1. The first-order chi connectivity index (χ1) is 9.56. The molecule has 0 aliphatic rings. The SMILES string of the molecule is O=C(OCc1ccc(Cl)nc1)c1cccc([N+](=O)[O-])c1. The summed E-state index contributed by atoms with van der Waals surface area (Å²) in [5.74, 6) is -0.636. The molecule has 0 fully saturated rings. The number of carbonyl (C=O) groups excluding carboxylic acids is 1. The quantitative estimate of drug-likeness (QED) is 0.374. The zero-order chi connectivity index (χ0) is 14.5. The normalized spacial score (nSPS) is 10.1. The van der Waals surface area contributed by atoms with Crippen molar-refractivity contribution < 1.29 is 14.5 Å². The van der Waals surface area contributed by atoms with E-state index in [0.717, 1.165) is 0 Å². The fraction of sp³-hybridized carbons (Fsp3) is 0.0769. The van der Waals surface area contributed by atoms with Gasteiger partial charge in [-0.05, 0) is 12.1 Å². The van der Waals surface area contributed by atoms with E-state index in [1.165, 1.54) is 30.5 Å². The lowest BCUT2D eigenvalue weighted by Gasteiger charge is -2.04. The summed E-state index contributed by atoms with van der Waals surface area (Å²) in [7, 11) is 0. The van der Waals surface area contributed by atoms with Crippen LogP contribution in [0.1, 0.15) is 15.9 Å². The van der Waals surface area contributed by atoms with Gasteiger partial charge in [0, 0.05) is 23.9 Å². The number of hydrogen-bond donors (Lipinski definition) is 0. The second kappa shape index (κ2) is 6.12. The summed E-state index contributed by atoms with van der Waals surface area (Å²) in [6, 6.07) is 8.62. The summed E-state index contributed by atoms with van der Waals surface area (Å²) in [6.45, 7) is 0.0195. The van der Waals surface area contributed by atoms with Gasteiger partial charge in [-0.2, -0.15) is 0 Å². The second-order valence-electron chi connectivity index (χ2n) is 3.87. The topological polar surface area (TPSA) is 82.3 Å². The number of non-ortho nitro benzene ring substituents is 1. The van der Waals surface area contributed by atoms with E-state index in [9.17, 15) is 14.9 Å². The molecular formula is C13H9ClN2O4. The molecule has 7 heteroatoms. The smallest absolute Gasteiger partial charge is 0.338 e. The van der Waals surface area contributed by atoms with E-state index < -0.39 is 10.9 Å². The van der Waals surface area contributed by atoms with E-state index >= 15 is 0 Å². The lowest BCUT2D eigenvalue weighted by molar-refractivity contribution is -0.384. The molecule has 2 aromatic rings. The molecule has 102 valence electrons. The van der Waals surface area contributed by atoms with E-state index in [4.69, 9.17) is 16.3 Å². The zero-order valence-corrected chi connectivity index (χ0v) is 10.9. The van der Waals surface area contributed by atoms with Gasteiger partial charge in [0.2, 0.25) is 0 Å². The fourth-order valence-electron chi connectivity index (χ4n) is 1.47. The van der Waals surface area contributed by atoms with Crippen molar-refractivity contribution in [2.24, 2.45) is 0 Å². The van der Waals surface area contributed by atoms with Crippen molar-refractivity contribution in [2.45, 2.75) is 6.61 Å². The van der Waals surface area contributed by atoms with E-state index in [1.807, 2.05) is 0 Å². The number of halogens is 1. The lowest BCUT2D eigenvalue weighted by atomic mass is 10.2. The van der Waals surface area contributed by atoms with Crippen LogP contribution in [0.4, 0.5) is 5.69 Å². The first-order valence-corrected chi connectivity index (χ1v) is 5.96. The van der Waals surface area contributed by atoms with E-state index in [2.05, 4.69) is 4.98 Å². The molecule has 0 N–H and O–H groups in total. The van der Waals surface area contributed by atoms with E-state index in [1.54, 1.807) is 12.1 Å². The Kier molecular flexibility index (Phi) is 4.27. The minimum Gasteiger partial charge on any atom is -0.457 e. The van der Waals surface area contributed by atoms with Crippen LogP contribution in [0.3, 0.4) is 0 Å². The molecule has 0 unspecified atom stereocenters. The molecule has 0 aliphatic carbocycles. The number of benzene rings is 1. The summed E-state index contributed by atoms with van der Waals surface area (Å²) in [4.78, 5) is 25.7. The van der Waals surface area contributed by atoms with Crippen molar-refractivity contribution in [1.82, 2.24) is 4.98 Å². The lowest BCUT2D eigenvalue weighted by Crippen LogP contribution is -2.05. The van der Waals surface area contributed by atoms with Crippen molar-refractivity contribution in [1.29, 1.82) is 0 Å². The number of aromatic nitrogens is 1.